The predicted octanol–water partition coefficient (Wildman–Crippen LogP) is -10.7. The van der Waals surface area contributed by atoms with Crippen molar-refractivity contribution in [1.29, 1.82) is 0 Å². The molecule has 6 aliphatic heterocycles. The van der Waals surface area contributed by atoms with E-state index in [1.807, 2.05) is 0 Å². The van der Waals surface area contributed by atoms with E-state index in [0.29, 0.717) is 40.8 Å². The van der Waals surface area contributed by atoms with Crippen molar-refractivity contribution in [1.82, 2.24) is 25.3 Å². The number of carboxylic acid groups (broad SMARTS) is 2. The van der Waals surface area contributed by atoms with Crippen LogP contribution in [0.15, 0.2) is 19.9 Å². The summed E-state index contributed by atoms with van der Waals surface area (Å²) < 4.78 is 23.3. The second-order valence-electron chi connectivity index (χ2n) is 13.8. The van der Waals surface area contributed by atoms with Crippen LogP contribution in [0.25, 0.3) is 0 Å². The van der Waals surface area contributed by atoms with Crippen LogP contribution in [0.4, 0.5) is 0 Å². The van der Waals surface area contributed by atoms with Crippen molar-refractivity contribution >= 4 is 86.5 Å². The van der Waals surface area contributed by atoms with Gasteiger partial charge in [0.15, 0.2) is 11.2 Å². The van der Waals surface area contributed by atoms with E-state index in [1.165, 1.54) is 48.5 Å². The van der Waals surface area contributed by atoms with E-state index in [1.54, 1.807) is 14.1 Å². The monoisotopic (exact) mass is 917 g/mol. The number of carbonyl (C=O) groups excluding carboxylic acids is 5. The molecule has 18 nitrogen and oxygen atoms in total. The molecule has 6 N–H and O–H groups in total. The largest absolute Gasteiger partial charge is 1.00 e. The van der Waals surface area contributed by atoms with Crippen molar-refractivity contribution in [3.05, 3.63) is 19.9 Å². The summed E-state index contributed by atoms with van der Waals surface area (Å²) in [7, 11) is 0.289. The predicted molar refractivity (Wildman–Crippen MR) is 192 cm³/mol. The van der Waals surface area contributed by atoms with Gasteiger partial charge < -0.3 is 55.8 Å². The topological polar surface area (TPSA) is 280 Å². The van der Waals surface area contributed by atoms with Crippen LogP contribution in [0.3, 0.4) is 0 Å². The summed E-state index contributed by atoms with van der Waals surface area (Å²) in [6.45, 7) is 3.66. The number of rotatable bonds is 12. The first-order valence-electron chi connectivity index (χ1n) is 16.5. The van der Waals surface area contributed by atoms with Gasteiger partial charge in [-0.2, -0.15) is 0 Å². The normalized spacial score (nSPS) is 33.3. The van der Waals surface area contributed by atoms with Crippen molar-refractivity contribution in [3.63, 3.8) is 0 Å². The van der Waals surface area contributed by atoms with Gasteiger partial charge in [0.1, 0.15) is 20.6 Å². The van der Waals surface area contributed by atoms with Gasteiger partial charge in [0.05, 0.1) is 55.8 Å². The van der Waals surface area contributed by atoms with Crippen molar-refractivity contribution in [3.8, 4) is 0 Å². The second-order valence-corrected chi connectivity index (χ2v) is 21.4. The standard InChI is InChI=1S/C15H21N3O6S2.C15H22N2O7S3.2K/c1-6(19)15(24)13(23)18-9(11(21)22)12(26-14(15)18)25-7-4-8(16-5-7)10(20)17(2)3;1-7(18)15(22)13(21)17-10(11(19)20)12(26-14(15)17)25-9-5-8(16-6-9)3-4-27(2,23)24;;/h6-8,14,16,19,24H,4-5H2,1-3H3,(H,21,22);7-9,14,16,18,22H,3-6H2,1-2H3,(H,19,20);;/q;;2*+1/p-2/t6-,7+,8+,14-,15-;7-,8-,9+,14-,15-;;/m11../s1. The van der Waals surface area contributed by atoms with E-state index in [4.69, 9.17) is 0 Å². The molecule has 0 unspecified atom stereocenters. The van der Waals surface area contributed by atoms with E-state index in [0.717, 1.165) is 33.3 Å². The first-order chi connectivity index (χ1) is 24.5. The van der Waals surface area contributed by atoms with Crippen molar-refractivity contribution < 1.29 is 166 Å². The van der Waals surface area contributed by atoms with Gasteiger partial charge in [-0.25, -0.2) is 8.42 Å². The molecule has 6 aliphatic rings. The van der Waals surface area contributed by atoms with Crippen molar-refractivity contribution in [2.75, 3.05) is 39.2 Å². The smallest absolute Gasteiger partial charge is 0.543 e. The molecule has 0 aromatic carbocycles. The summed E-state index contributed by atoms with van der Waals surface area (Å²) in [4.78, 5) is 63.1. The van der Waals surface area contributed by atoms with Crippen LogP contribution in [0.2, 0.25) is 0 Å². The van der Waals surface area contributed by atoms with Crippen molar-refractivity contribution in [2.45, 2.75) is 89.9 Å². The number of β-lactam (4-membered cyclic amide) rings is 2. The Morgan fingerprint density at radius 3 is 1.67 bits per heavy atom. The summed E-state index contributed by atoms with van der Waals surface area (Å²) in [6, 6.07) is -0.322. The summed E-state index contributed by atoms with van der Waals surface area (Å²) >= 11 is 4.59. The summed E-state index contributed by atoms with van der Waals surface area (Å²) in [5, 5.41) is 67.9. The minimum absolute atomic E-state index is 0. The molecule has 4 saturated heterocycles. The van der Waals surface area contributed by atoms with E-state index < -0.39 is 67.7 Å². The zero-order chi connectivity index (χ0) is 39.5. The molecule has 0 bridgehead atoms. The molecule has 6 rings (SSSR count). The number of carbonyl (C=O) groups is 5. The van der Waals surface area contributed by atoms with Crippen LogP contribution in [-0.4, -0.2) is 169 Å². The fourth-order valence-corrected chi connectivity index (χ4v) is 13.9. The van der Waals surface area contributed by atoms with Crippen LogP contribution in [0.1, 0.15) is 33.1 Å². The van der Waals surface area contributed by atoms with Gasteiger partial charge in [0.25, 0.3) is 11.8 Å². The molecule has 0 spiro atoms. The van der Waals surface area contributed by atoms with Gasteiger partial charge in [0.2, 0.25) is 5.91 Å². The number of sulfone groups is 1. The number of aliphatic hydroxyl groups is 4. The number of nitrogens with zero attached hydrogens (tertiary/aromatic N) is 3. The molecular formula is C30H41K2N5O13S5. The van der Waals surface area contributed by atoms with Crippen LogP contribution in [0.5, 0.6) is 0 Å². The molecule has 0 aromatic heterocycles. The van der Waals surface area contributed by atoms with E-state index >= 15 is 0 Å². The Labute approximate surface area is 420 Å². The minimum atomic E-state index is -3.05. The number of hydrogen-bond acceptors (Lipinski definition) is 19. The number of carboxylic acids is 2. The third-order valence-corrected chi connectivity index (χ3v) is 16.4. The zero-order valence-electron chi connectivity index (χ0n) is 31.2. The number of nitrogens with one attached hydrogen (secondary N) is 2. The molecule has 6 heterocycles. The first-order valence-corrected chi connectivity index (χ1v) is 22.0. The minimum Gasteiger partial charge on any atom is -0.543 e. The zero-order valence-corrected chi connectivity index (χ0v) is 41.5. The average molecular weight is 918 g/mol. The Balaban J connectivity index is 0.000000285. The molecule has 10 atom stereocenters. The molecule has 25 heteroatoms. The molecule has 0 aliphatic carbocycles. The van der Waals surface area contributed by atoms with Crippen LogP contribution in [0, 0.1) is 0 Å². The molecule has 4 fully saturated rings. The Bertz CT molecular complexity index is 1750. The molecule has 55 heavy (non-hydrogen) atoms. The van der Waals surface area contributed by atoms with Crippen LogP contribution < -0.4 is 124 Å². The Morgan fingerprint density at radius 2 is 1.29 bits per heavy atom. The Morgan fingerprint density at radius 1 is 0.873 bits per heavy atom. The number of aliphatic hydroxyl groups excluding tert-OH is 2. The van der Waals surface area contributed by atoms with Gasteiger partial charge in [-0.15, -0.1) is 23.5 Å². The van der Waals surface area contributed by atoms with Gasteiger partial charge in [-0.1, -0.05) is 23.5 Å². The maximum atomic E-state index is 12.2. The molecule has 0 aromatic rings. The van der Waals surface area contributed by atoms with Crippen molar-refractivity contribution in [2.24, 2.45) is 0 Å². The van der Waals surface area contributed by atoms with Gasteiger partial charge in [-0.3, -0.25) is 24.2 Å². The molecular weight excluding hydrogens is 877 g/mol. The number of thioether (sulfide) groups is 4. The Hall–Kier alpha value is 1.21. The fraction of sp³-hybridized carbons (Fsp3) is 0.700. The molecule has 3 amide bonds. The quantitative estimate of drug-likeness (QED) is 0.0783. The Kier molecular flexibility index (Phi) is 17.9. The number of likely N-dealkylation sites (N-methyl/N-ethyl adjacent to an activating group) is 1. The maximum Gasteiger partial charge on any atom is 1.00 e. The number of aliphatic carboxylic acids is 2. The van der Waals surface area contributed by atoms with E-state index in [-0.39, 0.29) is 148 Å². The number of fused-ring (bicyclic) bond motifs is 2. The van der Waals surface area contributed by atoms with E-state index in [9.17, 15) is 63.0 Å². The van der Waals surface area contributed by atoms with Gasteiger partial charge >= 0.3 is 103 Å². The molecule has 0 saturated carbocycles. The third-order valence-electron chi connectivity index (χ3n) is 9.71. The van der Waals surface area contributed by atoms with E-state index in [2.05, 4.69) is 10.6 Å². The van der Waals surface area contributed by atoms with Gasteiger partial charge in [0, 0.05) is 50.0 Å². The molecule has 0 radical (unpaired) electrons. The molecule has 296 valence electrons. The fourth-order valence-electron chi connectivity index (χ4n) is 6.65. The van der Waals surface area contributed by atoms with Crippen LogP contribution in [-0.2, 0) is 33.8 Å². The maximum absolute atomic E-state index is 12.2. The summed E-state index contributed by atoms with van der Waals surface area (Å²) in [5.74, 6) is -4.67. The van der Waals surface area contributed by atoms with Gasteiger partial charge in [-0.05, 0) is 33.1 Å². The number of amides is 3. The average Bonchev–Trinajstić information content (AvgIpc) is 3.86. The SMILES string of the molecule is C[C@@H](O)[C@@]1(O)C(=O)N2C(C(=O)[O-])=C(S[C@@H]3CN[C@H](C(=O)N(C)C)C3)S[C@@H]21.C[C@@H](O)[C@@]1(O)C(=O)N2C(C(=O)[O-])=C(S[C@@H]3CN[C@H](CCS(C)(=O)=O)C3)S[C@@H]21.[K+].[K+]. The summed E-state index contributed by atoms with van der Waals surface area (Å²) in [6.07, 6.45) is 0.177. The summed E-state index contributed by atoms with van der Waals surface area (Å²) in [5.41, 5.74) is -4.57. The number of hydrogen-bond donors (Lipinski definition) is 6. The second kappa shape index (κ2) is 19.5. The first kappa shape index (κ1) is 50.6. The third kappa shape index (κ3) is 9.97. The van der Waals surface area contributed by atoms with Crippen LogP contribution >= 0.6 is 47.0 Å².